The number of nitrogens with two attached hydrogens (primary N) is 1. The molecule has 1 amide bonds. The number of aliphatic carboxylic acids is 2. The van der Waals surface area contributed by atoms with Gasteiger partial charge >= 0.3 is 5.97 Å². The highest BCUT2D eigenvalue weighted by Gasteiger charge is 2.22. The Balaban J connectivity index is 0. The first-order valence-electron chi connectivity index (χ1n) is 16.1. The summed E-state index contributed by atoms with van der Waals surface area (Å²) in [6.07, 6.45) is 24.9. The van der Waals surface area contributed by atoms with Crippen molar-refractivity contribution in [3.05, 3.63) is 72.9 Å². The van der Waals surface area contributed by atoms with E-state index in [4.69, 9.17) is 10.8 Å². The van der Waals surface area contributed by atoms with Crippen LogP contribution in [0.3, 0.4) is 0 Å². The zero-order valence-electron chi connectivity index (χ0n) is 27.4. The van der Waals surface area contributed by atoms with E-state index in [9.17, 15) is 34.8 Å². The molecule has 0 aromatic rings. The van der Waals surface area contributed by atoms with Gasteiger partial charge in [-0.3, -0.25) is 4.79 Å². The third kappa shape index (κ3) is 29.3. The van der Waals surface area contributed by atoms with Crippen LogP contribution in [0.4, 0.5) is 0 Å². The topological polar surface area (TPSA) is 249 Å². The van der Waals surface area contributed by atoms with E-state index in [2.05, 4.69) is 16.8 Å². The summed E-state index contributed by atoms with van der Waals surface area (Å²) in [6.45, 7) is 3.59. The number of allylic oxidation sites excluding steroid dienone is 8. The molecule has 13 N–H and O–H groups in total. The lowest BCUT2D eigenvalue weighted by Gasteiger charge is -2.17. The van der Waals surface area contributed by atoms with Gasteiger partial charge in [0, 0.05) is 5.97 Å². The van der Waals surface area contributed by atoms with Gasteiger partial charge in [0.05, 0.1) is 37.4 Å². The van der Waals surface area contributed by atoms with Gasteiger partial charge in [0.25, 0.3) is 0 Å². The van der Waals surface area contributed by atoms with Crippen LogP contribution in [0.1, 0.15) is 77.6 Å². The number of rotatable bonds is 25. The van der Waals surface area contributed by atoms with Crippen LogP contribution >= 0.6 is 0 Å². The number of hydrogen-bond acceptors (Lipinski definition) is 8. The Morgan fingerprint density at radius 1 is 0.804 bits per heavy atom. The largest absolute Gasteiger partial charge is 0.550 e. The van der Waals surface area contributed by atoms with Gasteiger partial charge in [0.15, 0.2) is 0 Å². The van der Waals surface area contributed by atoms with E-state index in [1.807, 2.05) is 19.1 Å². The summed E-state index contributed by atoms with van der Waals surface area (Å²) in [5.74, 6) is -2.48. The molecule has 0 unspecified atom stereocenters. The molecule has 46 heavy (non-hydrogen) atoms. The van der Waals surface area contributed by atoms with Crippen LogP contribution in [0.5, 0.6) is 0 Å². The molecule has 12 heteroatoms. The fourth-order valence-corrected chi connectivity index (χ4v) is 3.66. The zero-order valence-corrected chi connectivity index (χ0v) is 27.4. The van der Waals surface area contributed by atoms with Gasteiger partial charge in [-0.25, -0.2) is 4.79 Å². The summed E-state index contributed by atoms with van der Waals surface area (Å²) < 4.78 is 0. The van der Waals surface area contributed by atoms with E-state index in [0.717, 1.165) is 45.2 Å². The van der Waals surface area contributed by atoms with Gasteiger partial charge in [-0.2, -0.15) is 0 Å². The van der Waals surface area contributed by atoms with Crippen LogP contribution in [0.2, 0.25) is 0 Å². The number of unbranched alkanes of at least 4 members (excludes halogenated alkanes) is 2. The van der Waals surface area contributed by atoms with E-state index < -0.39 is 42.3 Å². The smallest absolute Gasteiger partial charge is 0.326 e. The highest BCUT2D eigenvalue weighted by atomic mass is 16.4. The van der Waals surface area contributed by atoms with Crippen molar-refractivity contribution in [3.63, 3.8) is 0 Å². The molecule has 262 valence electrons. The van der Waals surface area contributed by atoms with Crippen molar-refractivity contribution in [1.82, 2.24) is 5.32 Å². The molecule has 0 aromatic carbocycles. The lowest BCUT2D eigenvalue weighted by atomic mass is 10.1. The fourth-order valence-electron chi connectivity index (χ4n) is 3.66. The maximum absolute atomic E-state index is 11.8. The van der Waals surface area contributed by atoms with Crippen molar-refractivity contribution in [2.75, 3.05) is 13.1 Å². The number of carbonyl (C=O) groups is 3. The zero-order chi connectivity index (χ0) is 35.0. The molecule has 0 spiro atoms. The van der Waals surface area contributed by atoms with Crippen molar-refractivity contribution in [1.29, 1.82) is 0 Å². The lowest BCUT2D eigenvalue weighted by molar-refractivity contribution is -0.369. The van der Waals surface area contributed by atoms with Crippen molar-refractivity contribution < 1.29 is 51.4 Å². The SMILES string of the molecule is CC/C=C\C[C@H](O)[C@H](O)/C=C/C=C/C=C\C=C\[C@@H](O)C/C=C\CCC(=O)[O-].N[C@@H](CCCC[NH3+])C(=O)N[C@@H](CCCC[NH3+])C(=O)O. The quantitative estimate of drug-likeness (QED) is 0.0370. The monoisotopic (exact) mass is 651 g/mol. The summed E-state index contributed by atoms with van der Waals surface area (Å²) in [6, 6.07) is -1.49. The Morgan fingerprint density at radius 2 is 1.37 bits per heavy atom. The molecule has 0 aliphatic rings. The molecular formula is C34H59N4O8+. The molecular weight excluding hydrogens is 592 g/mol. The Kier molecular flexibility index (Phi) is 30.7. The summed E-state index contributed by atoms with van der Waals surface area (Å²) in [4.78, 5) is 33.0. The molecule has 12 nitrogen and oxygen atoms in total. The molecule has 0 rings (SSSR count). The van der Waals surface area contributed by atoms with Gasteiger partial charge in [-0.1, -0.05) is 79.8 Å². The van der Waals surface area contributed by atoms with Crippen LogP contribution < -0.4 is 27.6 Å². The Hall–Kier alpha value is -3.39. The van der Waals surface area contributed by atoms with Crippen LogP contribution in [0, 0.1) is 0 Å². The first-order chi connectivity index (χ1) is 22.0. The van der Waals surface area contributed by atoms with Crippen molar-refractivity contribution >= 4 is 17.8 Å². The van der Waals surface area contributed by atoms with Crippen molar-refractivity contribution in [2.24, 2.45) is 5.73 Å². The maximum Gasteiger partial charge on any atom is 0.326 e. The van der Waals surface area contributed by atoms with Gasteiger partial charge in [0.2, 0.25) is 5.91 Å². The van der Waals surface area contributed by atoms with Crippen molar-refractivity contribution in [3.8, 4) is 0 Å². The molecule has 0 saturated carbocycles. The molecule has 5 atom stereocenters. The molecule has 0 aliphatic heterocycles. The normalized spacial score (nSPS) is 15.5. The highest BCUT2D eigenvalue weighted by Crippen LogP contribution is 2.04. The standard InChI is InChI=1S/C22H32O5.C12H26N4O3/c1-2-3-9-16-20(24)21(25)17-12-7-5-4-6-10-14-19(23)15-11-8-13-18-22(26)27;13-7-3-1-5-9(15)11(17)16-10(12(18)19)6-2-4-8-14/h3-12,14,17,19-21,23-25H,2,13,15-16,18H2,1H3,(H,26,27);9-10H,1-8,13-15H2,(H,16,17)(H,18,19)/p+1/b6-4-,7-5+,9-3-,11-8-,14-10+,17-12+;/t19-,20+,21-;9-,10-/m10/s1. The van der Waals surface area contributed by atoms with Crippen LogP contribution in [-0.4, -0.2) is 81.8 Å². The third-order valence-electron chi connectivity index (χ3n) is 6.39. The van der Waals surface area contributed by atoms with Crippen molar-refractivity contribution in [2.45, 2.75) is 108 Å². The number of aliphatic hydroxyl groups excluding tert-OH is 3. The molecule has 0 aliphatic carbocycles. The van der Waals surface area contributed by atoms with E-state index in [1.165, 1.54) is 6.08 Å². The minimum absolute atomic E-state index is 0.0160. The predicted molar refractivity (Wildman–Crippen MR) is 177 cm³/mol. The van der Waals surface area contributed by atoms with E-state index in [0.29, 0.717) is 32.1 Å². The number of carboxylic acids is 2. The number of nitrogens with one attached hydrogen (secondary N) is 1. The van der Waals surface area contributed by atoms with E-state index >= 15 is 0 Å². The first kappa shape index (κ1) is 44.7. The second-order valence-corrected chi connectivity index (χ2v) is 10.6. The molecule has 0 fully saturated rings. The average Bonchev–Trinajstić information content (AvgIpc) is 3.01. The number of carbonyl (C=O) groups excluding carboxylic acids is 2. The fraction of sp³-hybridized carbons (Fsp3) is 0.559. The number of aliphatic hydroxyl groups is 3. The third-order valence-corrected chi connectivity index (χ3v) is 6.39. The second-order valence-electron chi connectivity index (χ2n) is 10.6. The van der Waals surface area contributed by atoms with Crippen LogP contribution in [-0.2, 0) is 14.4 Å². The predicted octanol–water partition coefficient (Wildman–Crippen LogP) is -0.166. The first-order valence-corrected chi connectivity index (χ1v) is 16.1. The lowest BCUT2D eigenvalue weighted by Crippen LogP contribution is -2.51. The molecule has 0 saturated heterocycles. The molecule has 0 heterocycles. The molecule has 0 radical (unpaired) electrons. The van der Waals surface area contributed by atoms with Gasteiger partial charge in [0.1, 0.15) is 6.04 Å². The highest BCUT2D eigenvalue weighted by molar-refractivity contribution is 5.86. The van der Waals surface area contributed by atoms with Crippen LogP contribution in [0.15, 0.2) is 72.9 Å². The number of carboxylic acid groups (broad SMARTS) is 2. The number of amides is 1. The van der Waals surface area contributed by atoms with Crippen LogP contribution in [0.25, 0.3) is 0 Å². The summed E-state index contributed by atoms with van der Waals surface area (Å²) in [5, 5.41) is 50.9. The van der Waals surface area contributed by atoms with E-state index in [-0.39, 0.29) is 12.3 Å². The average molecular weight is 652 g/mol. The molecule has 0 aromatic heterocycles. The minimum atomic E-state index is -1.08. The summed E-state index contributed by atoms with van der Waals surface area (Å²) >= 11 is 0. The maximum atomic E-state index is 11.8. The van der Waals surface area contributed by atoms with E-state index in [1.54, 1.807) is 54.7 Å². The summed E-state index contributed by atoms with van der Waals surface area (Å²) in [5.41, 5.74) is 13.1. The summed E-state index contributed by atoms with van der Waals surface area (Å²) in [7, 11) is 0. The van der Waals surface area contributed by atoms with Gasteiger partial charge in [-0.05, 0) is 70.6 Å². The second kappa shape index (κ2) is 31.6. The Labute approximate surface area is 274 Å². The van der Waals surface area contributed by atoms with Gasteiger partial charge < -0.3 is 52.8 Å². The Bertz CT molecular complexity index is 978. The number of quaternary nitrogens is 2. The minimum Gasteiger partial charge on any atom is -0.550 e. The Morgan fingerprint density at radius 3 is 1.93 bits per heavy atom. The van der Waals surface area contributed by atoms with Gasteiger partial charge in [-0.15, -0.1) is 0 Å². The molecule has 0 bridgehead atoms. The number of hydrogen-bond donors (Lipinski definition) is 8.